The minimum Gasteiger partial charge on any atom is -0.360 e. The van der Waals surface area contributed by atoms with E-state index in [-0.39, 0.29) is 12.4 Å². The van der Waals surface area contributed by atoms with Crippen LogP contribution in [0.25, 0.3) is 11.4 Å². The maximum Gasteiger partial charge on any atom is 0.0643 e. The van der Waals surface area contributed by atoms with Crippen molar-refractivity contribution in [1.29, 1.82) is 0 Å². The molecule has 2 aromatic rings. The van der Waals surface area contributed by atoms with Crippen LogP contribution >= 0.6 is 12.4 Å². The molecule has 64 valence electrons. The SMILES string of the molecule is Cl.Cn1cccc1-c1ccc[nH]1. The average molecular weight is 183 g/mol. The molecule has 2 aromatic heterocycles. The second-order valence-electron chi connectivity index (χ2n) is 2.59. The van der Waals surface area contributed by atoms with E-state index in [1.807, 2.05) is 31.6 Å². The van der Waals surface area contributed by atoms with Gasteiger partial charge in [-0.05, 0) is 24.3 Å². The zero-order chi connectivity index (χ0) is 7.68. The number of H-pyrrole nitrogens is 1. The zero-order valence-electron chi connectivity index (χ0n) is 6.82. The van der Waals surface area contributed by atoms with Crippen LogP contribution in [0.15, 0.2) is 36.7 Å². The van der Waals surface area contributed by atoms with Crippen molar-refractivity contribution in [2.75, 3.05) is 0 Å². The lowest BCUT2D eigenvalue weighted by Gasteiger charge is -1.98. The lowest BCUT2D eigenvalue weighted by molar-refractivity contribution is 0.932. The summed E-state index contributed by atoms with van der Waals surface area (Å²) < 4.78 is 2.09. The minimum atomic E-state index is 0. The summed E-state index contributed by atoms with van der Waals surface area (Å²) in [6.45, 7) is 0. The van der Waals surface area contributed by atoms with Gasteiger partial charge in [-0.2, -0.15) is 0 Å². The first-order valence-electron chi connectivity index (χ1n) is 3.63. The monoisotopic (exact) mass is 182 g/mol. The molecule has 12 heavy (non-hydrogen) atoms. The number of aromatic nitrogens is 2. The first kappa shape index (κ1) is 8.94. The molecule has 2 rings (SSSR count). The van der Waals surface area contributed by atoms with Crippen LogP contribution in [0.5, 0.6) is 0 Å². The second-order valence-corrected chi connectivity index (χ2v) is 2.59. The Bertz CT molecular complexity index is 335. The van der Waals surface area contributed by atoms with Gasteiger partial charge in [0.1, 0.15) is 0 Å². The summed E-state index contributed by atoms with van der Waals surface area (Å²) in [5, 5.41) is 0. The highest BCUT2D eigenvalue weighted by Crippen LogP contribution is 2.15. The molecule has 2 nitrogen and oxygen atoms in total. The number of hydrogen-bond donors (Lipinski definition) is 1. The molecule has 0 aliphatic carbocycles. The highest BCUT2D eigenvalue weighted by atomic mass is 35.5. The van der Waals surface area contributed by atoms with Crippen LogP contribution in [0, 0.1) is 0 Å². The highest BCUT2D eigenvalue weighted by Gasteiger charge is 1.98. The van der Waals surface area contributed by atoms with Crippen LogP contribution in [0.4, 0.5) is 0 Å². The Kier molecular flexibility index (Phi) is 2.61. The van der Waals surface area contributed by atoms with E-state index in [9.17, 15) is 0 Å². The van der Waals surface area contributed by atoms with Crippen molar-refractivity contribution >= 4 is 12.4 Å². The number of nitrogens with zero attached hydrogens (tertiary/aromatic N) is 1. The molecule has 3 heteroatoms. The van der Waals surface area contributed by atoms with Gasteiger partial charge in [-0.15, -0.1) is 12.4 Å². The molecule has 0 saturated heterocycles. The summed E-state index contributed by atoms with van der Waals surface area (Å²) >= 11 is 0. The second kappa shape index (κ2) is 3.50. The maximum atomic E-state index is 3.16. The molecule has 0 bridgehead atoms. The molecule has 0 saturated carbocycles. The zero-order valence-corrected chi connectivity index (χ0v) is 7.64. The predicted molar refractivity (Wildman–Crippen MR) is 52.4 cm³/mol. The van der Waals surface area contributed by atoms with Crippen LogP contribution in [0.2, 0.25) is 0 Å². The van der Waals surface area contributed by atoms with Crippen LogP contribution in [-0.4, -0.2) is 9.55 Å². The molecule has 0 amide bonds. The van der Waals surface area contributed by atoms with Crippen molar-refractivity contribution in [3.63, 3.8) is 0 Å². The largest absolute Gasteiger partial charge is 0.360 e. The van der Waals surface area contributed by atoms with Crippen molar-refractivity contribution in [3.8, 4) is 11.4 Å². The summed E-state index contributed by atoms with van der Waals surface area (Å²) in [6, 6.07) is 8.19. The van der Waals surface area contributed by atoms with Gasteiger partial charge >= 0.3 is 0 Å². The van der Waals surface area contributed by atoms with Gasteiger partial charge < -0.3 is 9.55 Å². The molecule has 1 N–H and O–H groups in total. The predicted octanol–water partition coefficient (Wildman–Crippen LogP) is 2.44. The first-order valence-corrected chi connectivity index (χ1v) is 3.63. The Labute approximate surface area is 77.6 Å². The fourth-order valence-electron chi connectivity index (χ4n) is 1.23. The van der Waals surface area contributed by atoms with E-state index in [1.165, 1.54) is 5.69 Å². The number of aryl methyl sites for hydroxylation is 1. The highest BCUT2D eigenvalue weighted by molar-refractivity contribution is 5.85. The van der Waals surface area contributed by atoms with Crippen molar-refractivity contribution in [2.24, 2.45) is 7.05 Å². The summed E-state index contributed by atoms with van der Waals surface area (Å²) in [4.78, 5) is 3.16. The average Bonchev–Trinajstić information content (AvgIpc) is 2.55. The van der Waals surface area contributed by atoms with Gasteiger partial charge in [0.2, 0.25) is 0 Å². The van der Waals surface area contributed by atoms with Crippen molar-refractivity contribution < 1.29 is 0 Å². The Hall–Kier alpha value is -1.15. The normalized spacial score (nSPS) is 9.42. The molecule has 0 radical (unpaired) electrons. The van der Waals surface area contributed by atoms with Gasteiger partial charge in [0.05, 0.1) is 11.4 Å². The van der Waals surface area contributed by atoms with Crippen LogP contribution in [-0.2, 0) is 7.05 Å². The Balaban J connectivity index is 0.000000720. The molecule has 0 aliphatic heterocycles. The molecule has 0 fully saturated rings. The number of aromatic amines is 1. The van der Waals surface area contributed by atoms with E-state index in [4.69, 9.17) is 0 Å². The Morgan fingerprint density at radius 1 is 1.25 bits per heavy atom. The molecule has 2 heterocycles. The van der Waals surface area contributed by atoms with Crippen molar-refractivity contribution in [2.45, 2.75) is 0 Å². The standard InChI is InChI=1S/C9H10N2.ClH/c1-11-7-3-5-9(11)8-4-2-6-10-8;/h2-7,10H,1H3;1H. The van der Waals surface area contributed by atoms with E-state index in [1.54, 1.807) is 0 Å². The molecule has 0 unspecified atom stereocenters. The van der Waals surface area contributed by atoms with Crippen molar-refractivity contribution in [1.82, 2.24) is 9.55 Å². The molecular weight excluding hydrogens is 172 g/mol. The first-order chi connectivity index (χ1) is 5.38. The van der Waals surface area contributed by atoms with E-state index in [0.717, 1.165) is 5.69 Å². The van der Waals surface area contributed by atoms with Gasteiger partial charge in [-0.1, -0.05) is 0 Å². The molecule has 0 aliphatic rings. The molecule has 0 spiro atoms. The molecule has 0 aromatic carbocycles. The van der Waals surface area contributed by atoms with Crippen LogP contribution in [0.3, 0.4) is 0 Å². The quantitative estimate of drug-likeness (QED) is 0.700. The minimum absolute atomic E-state index is 0. The Morgan fingerprint density at radius 2 is 2.08 bits per heavy atom. The molecular formula is C9H11ClN2. The van der Waals surface area contributed by atoms with Crippen LogP contribution < -0.4 is 0 Å². The maximum absolute atomic E-state index is 3.16. The van der Waals surface area contributed by atoms with E-state index >= 15 is 0 Å². The van der Waals surface area contributed by atoms with Gasteiger partial charge in [0.15, 0.2) is 0 Å². The number of rotatable bonds is 1. The van der Waals surface area contributed by atoms with Gasteiger partial charge in [0.25, 0.3) is 0 Å². The third-order valence-electron chi connectivity index (χ3n) is 1.82. The summed E-state index contributed by atoms with van der Waals surface area (Å²) in [5.41, 5.74) is 2.38. The fraction of sp³-hybridized carbons (Fsp3) is 0.111. The number of halogens is 1. The summed E-state index contributed by atoms with van der Waals surface area (Å²) in [5.74, 6) is 0. The topological polar surface area (TPSA) is 20.7 Å². The van der Waals surface area contributed by atoms with Crippen LogP contribution in [0.1, 0.15) is 0 Å². The summed E-state index contributed by atoms with van der Waals surface area (Å²) in [6.07, 6.45) is 3.97. The van der Waals surface area contributed by atoms with Gasteiger partial charge in [-0.3, -0.25) is 0 Å². The van der Waals surface area contributed by atoms with E-state index in [0.29, 0.717) is 0 Å². The fourth-order valence-corrected chi connectivity index (χ4v) is 1.23. The lowest BCUT2D eigenvalue weighted by atomic mass is 10.3. The Morgan fingerprint density at radius 3 is 2.58 bits per heavy atom. The summed E-state index contributed by atoms with van der Waals surface area (Å²) in [7, 11) is 2.04. The molecule has 0 atom stereocenters. The lowest BCUT2D eigenvalue weighted by Crippen LogP contribution is -1.88. The van der Waals surface area contributed by atoms with Gasteiger partial charge in [0, 0.05) is 19.4 Å². The van der Waals surface area contributed by atoms with Crippen molar-refractivity contribution in [3.05, 3.63) is 36.7 Å². The number of nitrogens with one attached hydrogen (secondary N) is 1. The smallest absolute Gasteiger partial charge is 0.0643 e. The third-order valence-corrected chi connectivity index (χ3v) is 1.82. The third kappa shape index (κ3) is 1.38. The number of hydrogen-bond acceptors (Lipinski definition) is 0. The van der Waals surface area contributed by atoms with Gasteiger partial charge in [-0.25, -0.2) is 0 Å². The van der Waals surface area contributed by atoms with E-state index in [2.05, 4.69) is 21.7 Å². The van der Waals surface area contributed by atoms with E-state index < -0.39 is 0 Å².